The van der Waals surface area contributed by atoms with Gasteiger partial charge in [0.05, 0.1) is 0 Å². The van der Waals surface area contributed by atoms with Gasteiger partial charge in [-0.1, -0.05) is 13.3 Å². The molecule has 7 heteroatoms. The molecule has 7 nitrogen and oxygen atoms in total. The highest BCUT2D eigenvalue weighted by Crippen LogP contribution is 2.28. The van der Waals surface area contributed by atoms with Crippen LogP contribution in [0.4, 0.5) is 4.79 Å². The minimum absolute atomic E-state index is 0.205. The Morgan fingerprint density at radius 2 is 1.96 bits per heavy atom. The van der Waals surface area contributed by atoms with Crippen molar-refractivity contribution in [3.63, 3.8) is 0 Å². The Hall–Kier alpha value is -1.50. The van der Waals surface area contributed by atoms with Crippen molar-refractivity contribution in [3.8, 4) is 0 Å². The van der Waals surface area contributed by atoms with Crippen LogP contribution in [0.5, 0.6) is 0 Å². The third kappa shape index (κ3) is 10.4. The number of hydrogen-bond acceptors (Lipinski definition) is 4. The van der Waals surface area contributed by atoms with Crippen LogP contribution in [0.2, 0.25) is 0 Å². The summed E-state index contributed by atoms with van der Waals surface area (Å²) < 4.78 is 5.53. The van der Waals surface area contributed by atoms with Gasteiger partial charge in [0.15, 0.2) is 5.96 Å². The monoisotopic (exact) mass is 384 g/mol. The first kappa shape index (κ1) is 23.5. The van der Waals surface area contributed by atoms with Crippen molar-refractivity contribution in [1.82, 2.24) is 15.5 Å². The van der Waals surface area contributed by atoms with E-state index in [2.05, 4.69) is 22.5 Å². The molecule has 0 aromatic heterocycles. The number of hydrogen-bond donors (Lipinski definition) is 3. The lowest BCUT2D eigenvalue weighted by molar-refractivity contribution is 0.0238. The van der Waals surface area contributed by atoms with E-state index in [1.165, 1.54) is 0 Å². The van der Waals surface area contributed by atoms with Crippen molar-refractivity contribution in [3.05, 3.63) is 0 Å². The summed E-state index contributed by atoms with van der Waals surface area (Å²) in [7, 11) is 0. The van der Waals surface area contributed by atoms with Gasteiger partial charge in [0.2, 0.25) is 0 Å². The van der Waals surface area contributed by atoms with E-state index in [0.29, 0.717) is 31.6 Å². The van der Waals surface area contributed by atoms with Crippen LogP contribution in [-0.2, 0) is 4.74 Å². The second-order valence-corrected chi connectivity index (χ2v) is 8.22. The predicted octanol–water partition coefficient (Wildman–Crippen LogP) is 2.74. The van der Waals surface area contributed by atoms with Gasteiger partial charge in [0, 0.05) is 38.8 Å². The van der Waals surface area contributed by atoms with Crippen LogP contribution in [0.15, 0.2) is 4.99 Å². The fraction of sp³-hybridized carbons (Fsp3) is 0.900. The Morgan fingerprint density at radius 1 is 1.26 bits per heavy atom. The largest absolute Gasteiger partial charge is 0.444 e. The maximum absolute atomic E-state index is 12.4. The highest BCUT2D eigenvalue weighted by Gasteiger charge is 2.34. The van der Waals surface area contributed by atoms with Gasteiger partial charge in [-0.15, -0.1) is 0 Å². The Labute approximate surface area is 164 Å². The van der Waals surface area contributed by atoms with Gasteiger partial charge in [0.25, 0.3) is 0 Å². The normalized spacial score (nSPS) is 16.0. The maximum atomic E-state index is 12.4. The molecule has 0 bridgehead atoms. The van der Waals surface area contributed by atoms with Crippen molar-refractivity contribution in [2.24, 2.45) is 10.9 Å². The van der Waals surface area contributed by atoms with E-state index in [4.69, 9.17) is 4.74 Å². The molecule has 0 aromatic rings. The number of aliphatic imine (C=N–C) groups is 1. The van der Waals surface area contributed by atoms with Gasteiger partial charge >= 0.3 is 6.09 Å². The average molecular weight is 385 g/mol. The summed E-state index contributed by atoms with van der Waals surface area (Å²) in [5, 5.41) is 15.8. The van der Waals surface area contributed by atoms with Crippen LogP contribution in [0.25, 0.3) is 0 Å². The topological polar surface area (TPSA) is 86.2 Å². The number of carbonyl (C=O) groups excluding carboxylic acids is 1. The number of amides is 1. The van der Waals surface area contributed by atoms with Crippen LogP contribution in [0, 0.1) is 5.92 Å². The van der Waals surface area contributed by atoms with E-state index in [1.807, 2.05) is 32.6 Å². The number of carbonyl (C=O) groups is 1. The van der Waals surface area contributed by atoms with Crippen molar-refractivity contribution in [2.45, 2.75) is 78.4 Å². The molecule has 0 aromatic carbocycles. The fourth-order valence-corrected chi connectivity index (χ4v) is 2.90. The second kappa shape index (κ2) is 12.1. The van der Waals surface area contributed by atoms with E-state index in [9.17, 15) is 9.90 Å². The lowest BCUT2D eigenvalue weighted by Gasteiger charge is -2.27. The van der Waals surface area contributed by atoms with Crippen LogP contribution in [0.1, 0.15) is 66.7 Å². The van der Waals surface area contributed by atoms with E-state index in [-0.39, 0.29) is 12.7 Å². The number of aliphatic hydroxyl groups is 1. The molecular weight excluding hydrogens is 344 g/mol. The molecule has 1 saturated carbocycles. The van der Waals surface area contributed by atoms with Gasteiger partial charge < -0.3 is 25.4 Å². The predicted molar refractivity (Wildman–Crippen MR) is 110 cm³/mol. The Bertz CT molecular complexity index is 453. The summed E-state index contributed by atoms with van der Waals surface area (Å²) in [4.78, 5) is 18.9. The molecule has 1 rings (SSSR count). The molecule has 1 aliphatic rings. The summed E-state index contributed by atoms with van der Waals surface area (Å²) in [5.74, 6) is 1.16. The summed E-state index contributed by atoms with van der Waals surface area (Å²) in [6.45, 7) is 12.8. The number of rotatable bonds is 11. The summed E-state index contributed by atoms with van der Waals surface area (Å²) in [5.41, 5.74) is -0.477. The minimum atomic E-state index is -0.477. The molecule has 1 amide bonds. The molecule has 1 aliphatic carbocycles. The molecule has 1 atom stereocenters. The Morgan fingerprint density at radius 3 is 2.48 bits per heavy atom. The average Bonchev–Trinajstić information content (AvgIpc) is 3.39. The van der Waals surface area contributed by atoms with Gasteiger partial charge in [-0.3, -0.25) is 4.99 Å². The Kier molecular flexibility index (Phi) is 10.5. The second-order valence-electron chi connectivity index (χ2n) is 8.22. The number of ether oxygens (including phenoxy) is 1. The molecule has 1 fully saturated rings. The third-order valence-electron chi connectivity index (χ3n) is 4.35. The molecule has 0 radical (unpaired) electrons. The smallest absolute Gasteiger partial charge is 0.410 e. The molecule has 0 aliphatic heterocycles. The molecule has 158 valence electrons. The van der Waals surface area contributed by atoms with Gasteiger partial charge in [-0.2, -0.15) is 0 Å². The number of guanidine groups is 1. The highest BCUT2D eigenvalue weighted by atomic mass is 16.6. The molecular formula is C20H40N4O3. The molecule has 27 heavy (non-hydrogen) atoms. The number of aliphatic hydroxyl groups excluding tert-OH is 1. The van der Waals surface area contributed by atoms with Crippen LogP contribution in [0.3, 0.4) is 0 Å². The molecule has 3 N–H and O–H groups in total. The summed E-state index contributed by atoms with van der Waals surface area (Å²) in [6, 6.07) is 0.305. The molecule has 0 saturated heterocycles. The zero-order valence-corrected chi connectivity index (χ0v) is 17.9. The maximum Gasteiger partial charge on any atom is 0.410 e. The lowest BCUT2D eigenvalue weighted by Crippen LogP contribution is -2.45. The van der Waals surface area contributed by atoms with Crippen LogP contribution < -0.4 is 10.6 Å². The Balaban J connectivity index is 2.53. The number of nitrogens with zero attached hydrogens (tertiary/aromatic N) is 2. The third-order valence-corrected chi connectivity index (χ3v) is 4.35. The van der Waals surface area contributed by atoms with Crippen molar-refractivity contribution in [1.29, 1.82) is 0 Å². The first-order valence-corrected chi connectivity index (χ1v) is 10.4. The van der Waals surface area contributed by atoms with Gasteiger partial charge in [-0.25, -0.2) is 4.79 Å². The van der Waals surface area contributed by atoms with Crippen molar-refractivity contribution < 1.29 is 14.6 Å². The van der Waals surface area contributed by atoms with E-state index in [1.54, 1.807) is 0 Å². The summed E-state index contributed by atoms with van der Waals surface area (Å²) >= 11 is 0. The standard InChI is InChI=1S/C20H40N4O3/c1-6-8-16(11-14-25)15-23-18(21-7-2)22-12-13-24(17-9-10-17)19(26)27-20(3,4)5/h16-17,25H,6-15H2,1-5H3,(H2,21,22,23). The van der Waals surface area contributed by atoms with Gasteiger partial charge in [-0.05, 0) is 59.3 Å². The fourth-order valence-electron chi connectivity index (χ4n) is 2.90. The quantitative estimate of drug-likeness (QED) is 0.377. The van der Waals surface area contributed by atoms with E-state index >= 15 is 0 Å². The molecule has 0 spiro atoms. The minimum Gasteiger partial charge on any atom is -0.444 e. The zero-order chi connectivity index (χ0) is 20.3. The van der Waals surface area contributed by atoms with Crippen LogP contribution in [-0.4, -0.2) is 66.5 Å². The van der Waals surface area contributed by atoms with Crippen molar-refractivity contribution in [2.75, 3.05) is 32.8 Å². The van der Waals surface area contributed by atoms with E-state index in [0.717, 1.165) is 44.6 Å². The van der Waals surface area contributed by atoms with E-state index < -0.39 is 5.60 Å². The molecule has 0 heterocycles. The zero-order valence-electron chi connectivity index (χ0n) is 17.9. The molecule has 1 unspecified atom stereocenters. The number of nitrogens with one attached hydrogen (secondary N) is 2. The van der Waals surface area contributed by atoms with Crippen LogP contribution >= 0.6 is 0 Å². The van der Waals surface area contributed by atoms with Gasteiger partial charge in [0.1, 0.15) is 5.60 Å². The first-order chi connectivity index (χ1) is 12.8. The summed E-state index contributed by atoms with van der Waals surface area (Å²) in [6.07, 6.45) is 4.80. The van der Waals surface area contributed by atoms with Crippen molar-refractivity contribution >= 4 is 12.1 Å². The first-order valence-electron chi connectivity index (χ1n) is 10.4. The lowest BCUT2D eigenvalue weighted by atomic mass is 10.0. The SMILES string of the molecule is CCCC(CCO)CN=C(NCC)NCCN(C(=O)OC(C)(C)C)C1CC1. The highest BCUT2D eigenvalue weighted by molar-refractivity contribution is 5.79.